The third-order valence-corrected chi connectivity index (χ3v) is 10.2. The Morgan fingerprint density at radius 2 is 1.14 bits per heavy atom. The lowest BCUT2D eigenvalue weighted by molar-refractivity contribution is -0.140. The highest BCUT2D eigenvalue weighted by Crippen LogP contribution is 2.36. The van der Waals surface area contributed by atoms with Crippen molar-refractivity contribution in [2.45, 2.75) is 31.1 Å². The molecule has 18 heteroatoms. The molecule has 2 atom stereocenters. The van der Waals surface area contributed by atoms with E-state index in [0.29, 0.717) is 31.2 Å². The summed E-state index contributed by atoms with van der Waals surface area (Å²) in [4.78, 5) is 56.0. The van der Waals surface area contributed by atoms with Gasteiger partial charge in [-0.15, -0.1) is 22.7 Å². The minimum Gasteiger partial charge on any atom is -0.481 e. The highest BCUT2D eigenvalue weighted by Gasteiger charge is 2.36. The minimum absolute atomic E-state index is 0.0233. The molecule has 6 aromatic rings. The number of halogens is 6. The quantitative estimate of drug-likeness (QED) is 0.0886. The van der Waals surface area contributed by atoms with Crippen molar-refractivity contribution in [3.8, 4) is 21.1 Å². The minimum atomic E-state index is -4.69. The van der Waals surface area contributed by atoms with E-state index in [4.69, 9.17) is 33.4 Å². The average molecular weight is 860 g/mol. The number of carbonyl (C=O) groups is 4. The SMILES string of the molecule is O=C(O)C[C@H](NC(=O)c1csc(-c2ccc(Cl)cc2)n1)c1cccc(F)c1.O=C(O)C[C@H](NC(=O)c1csc(-c2ccc(Cl)cc2)n1)c1ccccc1C(F)(F)F. The van der Waals surface area contributed by atoms with Gasteiger partial charge in [0, 0.05) is 31.9 Å². The summed E-state index contributed by atoms with van der Waals surface area (Å²) in [5.41, 5.74) is 0.717. The van der Waals surface area contributed by atoms with E-state index in [1.165, 1.54) is 58.4 Å². The van der Waals surface area contributed by atoms with E-state index in [0.717, 1.165) is 17.7 Å². The highest BCUT2D eigenvalue weighted by atomic mass is 35.5. The second-order valence-electron chi connectivity index (χ2n) is 12.0. The molecule has 6 rings (SSSR count). The number of benzene rings is 4. The second kappa shape index (κ2) is 19.0. The van der Waals surface area contributed by atoms with Gasteiger partial charge in [-0.3, -0.25) is 19.2 Å². The van der Waals surface area contributed by atoms with Crippen LogP contribution in [0, 0.1) is 5.82 Å². The van der Waals surface area contributed by atoms with Crippen molar-refractivity contribution < 1.29 is 47.0 Å². The average Bonchev–Trinajstić information content (AvgIpc) is 3.86. The molecule has 0 aliphatic carbocycles. The predicted molar refractivity (Wildman–Crippen MR) is 208 cm³/mol. The molecule has 0 fully saturated rings. The predicted octanol–water partition coefficient (Wildman–Crippen LogP) is 9.98. The van der Waals surface area contributed by atoms with Gasteiger partial charge in [0.05, 0.1) is 30.5 Å². The summed E-state index contributed by atoms with van der Waals surface area (Å²) in [6.45, 7) is 0. The number of carbonyl (C=O) groups excluding carboxylic acids is 2. The number of rotatable bonds is 12. The Hall–Kier alpha value is -5.68. The van der Waals surface area contributed by atoms with E-state index >= 15 is 0 Å². The number of alkyl halides is 3. The van der Waals surface area contributed by atoms with Gasteiger partial charge < -0.3 is 20.8 Å². The molecule has 0 bridgehead atoms. The van der Waals surface area contributed by atoms with Crippen LogP contribution in [0.2, 0.25) is 10.0 Å². The van der Waals surface area contributed by atoms with Crippen molar-refractivity contribution in [1.29, 1.82) is 0 Å². The topological polar surface area (TPSA) is 159 Å². The molecule has 2 heterocycles. The number of aliphatic carboxylic acids is 2. The first-order chi connectivity index (χ1) is 27.1. The molecule has 0 aliphatic heterocycles. The van der Waals surface area contributed by atoms with E-state index in [9.17, 15) is 36.7 Å². The fourth-order valence-corrected chi connectivity index (χ4v) is 7.16. The molecular weight excluding hydrogens is 831 g/mol. The Labute approximate surface area is 339 Å². The molecule has 294 valence electrons. The lowest BCUT2D eigenvalue weighted by Gasteiger charge is -2.21. The van der Waals surface area contributed by atoms with E-state index in [1.54, 1.807) is 60.0 Å². The van der Waals surface area contributed by atoms with Crippen LogP contribution < -0.4 is 10.6 Å². The van der Waals surface area contributed by atoms with Gasteiger partial charge in [0.15, 0.2) is 0 Å². The standard InChI is InChI=1S/C20H14ClF3N2O3S.C19H14ClFN2O3S/c21-12-7-5-11(6-8-12)19-26-16(10-30-19)18(29)25-15(9-17(27)28)13-3-1-2-4-14(13)20(22,23)24;20-13-6-4-11(5-7-13)19-23-16(10-27-19)18(26)22-15(9-17(24)25)12-2-1-3-14(21)8-12/h1-8,10,15H,9H2,(H,25,29)(H,27,28);1-8,10,15H,9H2,(H,22,26)(H,24,25)/t2*15-/m00/s1. The Balaban J connectivity index is 0.000000219. The Kier molecular flexibility index (Phi) is 14.1. The van der Waals surface area contributed by atoms with Crippen LogP contribution in [0.25, 0.3) is 21.1 Å². The highest BCUT2D eigenvalue weighted by molar-refractivity contribution is 7.13. The molecule has 2 amide bonds. The molecule has 0 saturated carbocycles. The summed E-state index contributed by atoms with van der Waals surface area (Å²) in [7, 11) is 0. The van der Waals surface area contributed by atoms with Gasteiger partial charge in [-0.25, -0.2) is 14.4 Å². The van der Waals surface area contributed by atoms with Gasteiger partial charge in [-0.1, -0.05) is 77.8 Å². The number of hydrogen-bond acceptors (Lipinski definition) is 8. The van der Waals surface area contributed by atoms with Crippen molar-refractivity contribution in [1.82, 2.24) is 20.6 Å². The van der Waals surface area contributed by atoms with Crippen molar-refractivity contribution in [2.75, 3.05) is 0 Å². The first-order valence-corrected chi connectivity index (χ1v) is 19.0. The van der Waals surface area contributed by atoms with Crippen LogP contribution in [-0.2, 0) is 15.8 Å². The van der Waals surface area contributed by atoms with Gasteiger partial charge in [0.1, 0.15) is 27.2 Å². The Morgan fingerprint density at radius 3 is 1.61 bits per heavy atom. The summed E-state index contributed by atoms with van der Waals surface area (Å²) >= 11 is 14.2. The number of amides is 2. The molecule has 0 saturated heterocycles. The van der Waals surface area contributed by atoms with E-state index in [1.807, 2.05) is 0 Å². The fraction of sp³-hybridized carbons (Fsp3) is 0.128. The molecule has 4 aromatic carbocycles. The van der Waals surface area contributed by atoms with Crippen LogP contribution in [0.5, 0.6) is 0 Å². The maximum absolute atomic E-state index is 13.5. The lowest BCUT2D eigenvalue weighted by Crippen LogP contribution is -2.32. The van der Waals surface area contributed by atoms with Gasteiger partial charge in [0.25, 0.3) is 11.8 Å². The van der Waals surface area contributed by atoms with Gasteiger partial charge in [0.2, 0.25) is 0 Å². The van der Waals surface area contributed by atoms with Crippen LogP contribution in [-0.4, -0.2) is 43.9 Å². The summed E-state index contributed by atoms with van der Waals surface area (Å²) in [6, 6.07) is 21.6. The summed E-state index contributed by atoms with van der Waals surface area (Å²) in [5, 5.41) is 28.6. The van der Waals surface area contributed by atoms with Gasteiger partial charge >= 0.3 is 18.1 Å². The van der Waals surface area contributed by atoms with Gasteiger partial charge in [-0.2, -0.15) is 13.2 Å². The lowest BCUT2D eigenvalue weighted by atomic mass is 9.97. The number of carboxylic acids is 2. The summed E-state index contributed by atoms with van der Waals surface area (Å²) < 4.78 is 53.5. The number of nitrogens with one attached hydrogen (secondary N) is 2. The monoisotopic (exact) mass is 858 g/mol. The molecular formula is C39H28Cl2F4N4O6S2. The maximum atomic E-state index is 13.5. The zero-order chi connectivity index (χ0) is 41.3. The van der Waals surface area contributed by atoms with Crippen molar-refractivity contribution in [3.63, 3.8) is 0 Å². The molecule has 0 radical (unpaired) electrons. The van der Waals surface area contributed by atoms with Crippen LogP contribution >= 0.6 is 45.9 Å². The van der Waals surface area contributed by atoms with Crippen molar-refractivity contribution >= 4 is 69.6 Å². The normalized spacial score (nSPS) is 12.1. The largest absolute Gasteiger partial charge is 0.481 e. The van der Waals surface area contributed by atoms with Crippen LogP contribution in [0.1, 0.15) is 62.6 Å². The number of nitrogens with zero attached hydrogens (tertiary/aromatic N) is 2. The number of aromatic nitrogens is 2. The third kappa shape index (κ3) is 11.9. The van der Waals surface area contributed by atoms with Gasteiger partial charge in [-0.05, 0) is 53.6 Å². The molecule has 4 N–H and O–H groups in total. The number of hydrogen-bond donors (Lipinski definition) is 4. The first-order valence-electron chi connectivity index (χ1n) is 16.5. The number of carboxylic acid groups (broad SMARTS) is 2. The molecule has 57 heavy (non-hydrogen) atoms. The van der Waals surface area contributed by atoms with Crippen LogP contribution in [0.15, 0.2) is 108 Å². The van der Waals surface area contributed by atoms with E-state index in [2.05, 4.69) is 20.6 Å². The molecule has 0 aliphatic rings. The molecule has 2 aromatic heterocycles. The van der Waals surface area contributed by atoms with Crippen LogP contribution in [0.3, 0.4) is 0 Å². The van der Waals surface area contributed by atoms with E-state index < -0.39 is 59.8 Å². The third-order valence-electron chi connectivity index (χ3n) is 7.92. The first kappa shape index (κ1) is 42.5. The molecule has 0 spiro atoms. The summed E-state index contributed by atoms with van der Waals surface area (Å²) in [6.07, 6.45) is -5.78. The number of thiazole rings is 2. The van der Waals surface area contributed by atoms with Crippen LogP contribution in [0.4, 0.5) is 17.6 Å². The summed E-state index contributed by atoms with van der Waals surface area (Å²) in [5.74, 6) is -4.26. The Bertz CT molecular complexity index is 2370. The maximum Gasteiger partial charge on any atom is 0.416 e. The Morgan fingerprint density at radius 1 is 0.667 bits per heavy atom. The fourth-order valence-electron chi connectivity index (χ4n) is 5.29. The molecule has 0 unspecified atom stereocenters. The molecule has 10 nitrogen and oxygen atoms in total. The zero-order valence-electron chi connectivity index (χ0n) is 29.0. The zero-order valence-corrected chi connectivity index (χ0v) is 32.1. The smallest absolute Gasteiger partial charge is 0.416 e. The van der Waals surface area contributed by atoms with E-state index in [-0.39, 0.29) is 23.4 Å². The van der Waals surface area contributed by atoms with Crippen molar-refractivity contribution in [2.24, 2.45) is 0 Å². The van der Waals surface area contributed by atoms with Crippen molar-refractivity contribution in [3.05, 3.63) is 152 Å². The second-order valence-corrected chi connectivity index (χ2v) is 14.6.